The van der Waals surface area contributed by atoms with Gasteiger partial charge in [0.05, 0.1) is 11.4 Å². The SMILES string of the molecule is Cc1ccn(-c2nnc(C)c3ccccc23)n1. The van der Waals surface area contributed by atoms with Crippen molar-refractivity contribution in [1.29, 1.82) is 0 Å². The van der Waals surface area contributed by atoms with Gasteiger partial charge in [0, 0.05) is 17.0 Å². The fourth-order valence-electron chi connectivity index (χ4n) is 1.93. The monoisotopic (exact) mass is 224 g/mol. The summed E-state index contributed by atoms with van der Waals surface area (Å²) in [7, 11) is 0. The molecule has 1 aromatic carbocycles. The second kappa shape index (κ2) is 3.66. The van der Waals surface area contributed by atoms with Gasteiger partial charge in [0.2, 0.25) is 0 Å². The third-order valence-corrected chi connectivity index (χ3v) is 2.79. The second-order valence-electron chi connectivity index (χ2n) is 4.06. The minimum atomic E-state index is 0.777. The third kappa shape index (κ3) is 1.58. The maximum absolute atomic E-state index is 4.37. The van der Waals surface area contributed by atoms with E-state index in [0.29, 0.717) is 0 Å². The molecule has 4 nitrogen and oxygen atoms in total. The summed E-state index contributed by atoms with van der Waals surface area (Å²) in [6, 6.07) is 10.1. The lowest BCUT2D eigenvalue weighted by Crippen LogP contribution is -2.02. The molecular weight excluding hydrogens is 212 g/mol. The highest BCUT2D eigenvalue weighted by atomic mass is 15.3. The Hall–Kier alpha value is -2.23. The maximum Gasteiger partial charge on any atom is 0.183 e. The number of aromatic nitrogens is 4. The van der Waals surface area contributed by atoms with Crippen molar-refractivity contribution >= 4 is 10.8 Å². The lowest BCUT2D eigenvalue weighted by atomic mass is 10.1. The van der Waals surface area contributed by atoms with Gasteiger partial charge in [0.15, 0.2) is 5.82 Å². The molecule has 0 aliphatic carbocycles. The molecule has 84 valence electrons. The zero-order valence-corrected chi connectivity index (χ0v) is 9.75. The molecule has 0 bridgehead atoms. The van der Waals surface area contributed by atoms with E-state index < -0.39 is 0 Å². The molecule has 3 rings (SSSR count). The first-order valence-electron chi connectivity index (χ1n) is 5.50. The Morgan fingerprint density at radius 2 is 1.71 bits per heavy atom. The topological polar surface area (TPSA) is 43.6 Å². The normalized spacial score (nSPS) is 10.9. The number of fused-ring (bicyclic) bond motifs is 1. The summed E-state index contributed by atoms with van der Waals surface area (Å²) >= 11 is 0. The smallest absolute Gasteiger partial charge is 0.183 e. The molecule has 0 fully saturated rings. The fraction of sp³-hybridized carbons (Fsp3) is 0.154. The van der Waals surface area contributed by atoms with Crippen LogP contribution in [0.3, 0.4) is 0 Å². The van der Waals surface area contributed by atoms with E-state index in [1.165, 1.54) is 0 Å². The number of nitrogens with zero attached hydrogens (tertiary/aromatic N) is 4. The summed E-state index contributed by atoms with van der Waals surface area (Å²) in [6.45, 7) is 3.92. The van der Waals surface area contributed by atoms with E-state index >= 15 is 0 Å². The number of hydrogen-bond donors (Lipinski definition) is 0. The van der Waals surface area contributed by atoms with Gasteiger partial charge in [0.1, 0.15) is 0 Å². The van der Waals surface area contributed by atoms with Gasteiger partial charge in [-0.25, -0.2) is 4.68 Å². The van der Waals surface area contributed by atoms with E-state index in [4.69, 9.17) is 0 Å². The van der Waals surface area contributed by atoms with Crippen molar-refractivity contribution in [2.45, 2.75) is 13.8 Å². The predicted octanol–water partition coefficient (Wildman–Crippen LogP) is 2.43. The quantitative estimate of drug-likeness (QED) is 0.637. The molecule has 17 heavy (non-hydrogen) atoms. The minimum Gasteiger partial charge on any atom is -0.220 e. The molecule has 0 spiro atoms. The number of aryl methyl sites for hydroxylation is 2. The van der Waals surface area contributed by atoms with Crippen LogP contribution in [-0.2, 0) is 0 Å². The Morgan fingerprint density at radius 3 is 2.41 bits per heavy atom. The van der Waals surface area contributed by atoms with Crippen LogP contribution >= 0.6 is 0 Å². The van der Waals surface area contributed by atoms with Gasteiger partial charge < -0.3 is 0 Å². The number of benzene rings is 1. The summed E-state index contributed by atoms with van der Waals surface area (Å²) in [4.78, 5) is 0. The number of hydrogen-bond acceptors (Lipinski definition) is 3. The van der Waals surface area contributed by atoms with Gasteiger partial charge in [-0.05, 0) is 19.9 Å². The Kier molecular flexibility index (Phi) is 2.14. The summed E-state index contributed by atoms with van der Waals surface area (Å²) in [5.74, 6) is 0.777. The summed E-state index contributed by atoms with van der Waals surface area (Å²) in [5, 5.41) is 15.0. The largest absolute Gasteiger partial charge is 0.220 e. The summed E-state index contributed by atoms with van der Waals surface area (Å²) in [6.07, 6.45) is 1.90. The Bertz CT molecular complexity index is 685. The van der Waals surface area contributed by atoms with Crippen molar-refractivity contribution in [1.82, 2.24) is 20.0 Å². The van der Waals surface area contributed by atoms with Gasteiger partial charge >= 0.3 is 0 Å². The Labute approximate surface area is 98.9 Å². The second-order valence-corrected chi connectivity index (χ2v) is 4.06. The first kappa shape index (κ1) is 9.96. The molecule has 0 atom stereocenters. The lowest BCUT2D eigenvalue weighted by Gasteiger charge is -2.06. The summed E-state index contributed by atoms with van der Waals surface area (Å²) < 4.78 is 1.77. The zero-order valence-electron chi connectivity index (χ0n) is 9.75. The van der Waals surface area contributed by atoms with Crippen LogP contribution in [0.25, 0.3) is 16.6 Å². The molecule has 0 amide bonds. The highest BCUT2D eigenvalue weighted by Gasteiger charge is 2.08. The van der Waals surface area contributed by atoms with Crippen LogP contribution in [-0.4, -0.2) is 20.0 Å². The van der Waals surface area contributed by atoms with Crippen molar-refractivity contribution in [3.63, 3.8) is 0 Å². The fourth-order valence-corrected chi connectivity index (χ4v) is 1.93. The van der Waals surface area contributed by atoms with E-state index in [1.54, 1.807) is 4.68 Å². The van der Waals surface area contributed by atoms with Crippen molar-refractivity contribution in [3.8, 4) is 5.82 Å². The molecule has 0 saturated heterocycles. The molecule has 0 N–H and O–H groups in total. The maximum atomic E-state index is 4.37. The molecule has 3 aromatic rings. The van der Waals surface area contributed by atoms with Crippen LogP contribution in [0.15, 0.2) is 36.5 Å². The number of rotatable bonds is 1. The van der Waals surface area contributed by atoms with Gasteiger partial charge in [-0.1, -0.05) is 24.3 Å². The highest BCUT2D eigenvalue weighted by Crippen LogP contribution is 2.21. The average molecular weight is 224 g/mol. The third-order valence-electron chi connectivity index (χ3n) is 2.79. The molecule has 2 aromatic heterocycles. The van der Waals surface area contributed by atoms with Gasteiger partial charge in [-0.15, -0.1) is 5.10 Å². The van der Waals surface area contributed by atoms with Crippen LogP contribution < -0.4 is 0 Å². The van der Waals surface area contributed by atoms with Crippen molar-refractivity contribution in [3.05, 3.63) is 47.9 Å². The van der Waals surface area contributed by atoms with E-state index in [-0.39, 0.29) is 0 Å². The highest BCUT2D eigenvalue weighted by molar-refractivity contribution is 5.89. The van der Waals surface area contributed by atoms with Crippen molar-refractivity contribution < 1.29 is 0 Å². The van der Waals surface area contributed by atoms with E-state index in [1.807, 2.05) is 44.3 Å². The van der Waals surface area contributed by atoms with Crippen LogP contribution in [0.1, 0.15) is 11.4 Å². The van der Waals surface area contributed by atoms with Crippen LogP contribution in [0, 0.1) is 13.8 Å². The Morgan fingerprint density at radius 1 is 0.941 bits per heavy atom. The molecule has 0 saturated carbocycles. The Balaban J connectivity index is 2.34. The summed E-state index contributed by atoms with van der Waals surface area (Å²) in [5.41, 5.74) is 1.91. The first-order chi connectivity index (χ1) is 8.25. The van der Waals surface area contributed by atoms with Crippen molar-refractivity contribution in [2.75, 3.05) is 0 Å². The molecule has 0 radical (unpaired) electrons. The van der Waals surface area contributed by atoms with E-state index in [2.05, 4.69) is 21.4 Å². The minimum absolute atomic E-state index is 0.777. The van der Waals surface area contributed by atoms with Crippen LogP contribution in [0.5, 0.6) is 0 Å². The van der Waals surface area contributed by atoms with E-state index in [9.17, 15) is 0 Å². The zero-order chi connectivity index (χ0) is 11.8. The molecule has 0 unspecified atom stereocenters. The molecule has 2 heterocycles. The first-order valence-corrected chi connectivity index (χ1v) is 5.50. The van der Waals surface area contributed by atoms with Gasteiger partial charge in [0.25, 0.3) is 0 Å². The van der Waals surface area contributed by atoms with E-state index in [0.717, 1.165) is 28.0 Å². The molecule has 0 aliphatic rings. The predicted molar refractivity (Wildman–Crippen MR) is 66.1 cm³/mol. The average Bonchev–Trinajstić information content (AvgIpc) is 2.77. The van der Waals surface area contributed by atoms with Gasteiger partial charge in [-0.3, -0.25) is 0 Å². The standard InChI is InChI=1S/C13H12N4/c1-9-7-8-17(16-9)13-12-6-4-3-5-11(12)10(2)14-15-13/h3-8H,1-2H3. The molecule has 0 aliphatic heterocycles. The lowest BCUT2D eigenvalue weighted by molar-refractivity contribution is 0.808. The molecule has 4 heteroatoms. The molecular formula is C13H12N4. The van der Waals surface area contributed by atoms with Crippen molar-refractivity contribution in [2.24, 2.45) is 0 Å². The van der Waals surface area contributed by atoms with Crippen LogP contribution in [0.4, 0.5) is 0 Å². The van der Waals surface area contributed by atoms with Crippen LogP contribution in [0.2, 0.25) is 0 Å². The van der Waals surface area contributed by atoms with Gasteiger partial charge in [-0.2, -0.15) is 10.2 Å².